The van der Waals surface area contributed by atoms with Crippen LogP contribution in [0, 0.1) is 6.92 Å². The topological polar surface area (TPSA) is 58.1 Å². The van der Waals surface area contributed by atoms with Crippen molar-refractivity contribution in [2.24, 2.45) is 0 Å². The number of rotatable bonds is 6. The van der Waals surface area contributed by atoms with Gasteiger partial charge in [0.1, 0.15) is 11.5 Å². The van der Waals surface area contributed by atoms with Crippen LogP contribution in [0.1, 0.15) is 28.5 Å². The molecule has 0 bridgehead atoms. The van der Waals surface area contributed by atoms with E-state index < -0.39 is 0 Å². The normalized spacial score (nSPS) is 10.4. The minimum absolute atomic E-state index is 0.119. The Kier molecular flexibility index (Phi) is 5.59. The Bertz CT molecular complexity index is 863. The van der Waals surface area contributed by atoms with E-state index in [4.69, 9.17) is 0 Å². The number of carbonyl (C=O) groups excluding carboxylic acids is 1. The lowest BCUT2D eigenvalue weighted by Crippen LogP contribution is -2.31. The number of hydrogen-bond donors (Lipinski definition) is 1. The summed E-state index contributed by atoms with van der Waals surface area (Å²) < 4.78 is 0. The average Bonchev–Trinajstić information content (AvgIpc) is 2.69. The van der Waals surface area contributed by atoms with Gasteiger partial charge < -0.3 is 10.2 Å². The van der Waals surface area contributed by atoms with Crippen LogP contribution in [-0.4, -0.2) is 27.3 Å². The quantitative estimate of drug-likeness (QED) is 0.727. The summed E-state index contributed by atoms with van der Waals surface area (Å²) in [5, 5.41) is 3.22. The molecule has 1 aromatic heterocycles. The highest BCUT2D eigenvalue weighted by molar-refractivity contribution is 5.92. The Morgan fingerprint density at radius 2 is 1.73 bits per heavy atom. The maximum atomic E-state index is 12.7. The molecule has 26 heavy (non-hydrogen) atoms. The number of hydrogen-bond acceptors (Lipinski definition) is 4. The molecule has 0 radical (unpaired) electrons. The second kappa shape index (κ2) is 8.25. The van der Waals surface area contributed by atoms with Gasteiger partial charge in [0.15, 0.2) is 0 Å². The van der Waals surface area contributed by atoms with Crippen molar-refractivity contribution in [2.45, 2.75) is 20.4 Å². The smallest absolute Gasteiger partial charge is 0.274 e. The summed E-state index contributed by atoms with van der Waals surface area (Å²) in [5.41, 5.74) is 3.53. The van der Waals surface area contributed by atoms with Gasteiger partial charge in [0.2, 0.25) is 0 Å². The molecule has 0 aliphatic carbocycles. The Hall–Kier alpha value is -3.21. The van der Waals surface area contributed by atoms with Gasteiger partial charge in [-0.1, -0.05) is 48.5 Å². The van der Waals surface area contributed by atoms with Crippen LogP contribution in [0.3, 0.4) is 0 Å². The Morgan fingerprint density at radius 3 is 2.38 bits per heavy atom. The van der Waals surface area contributed by atoms with Crippen molar-refractivity contribution in [3.63, 3.8) is 0 Å². The van der Waals surface area contributed by atoms with E-state index >= 15 is 0 Å². The Balaban J connectivity index is 1.70. The predicted octanol–water partition coefficient (Wildman–Crippen LogP) is 4.19. The lowest BCUT2D eigenvalue weighted by Gasteiger charge is -2.20. The van der Waals surface area contributed by atoms with Gasteiger partial charge in [0.05, 0.1) is 12.4 Å². The predicted molar refractivity (Wildman–Crippen MR) is 103 cm³/mol. The summed E-state index contributed by atoms with van der Waals surface area (Å²) in [6.07, 6.45) is 3.12. The third-order valence-corrected chi connectivity index (χ3v) is 4.16. The lowest BCUT2D eigenvalue weighted by molar-refractivity contribution is 0.0746. The molecule has 0 fully saturated rings. The number of aromatic nitrogens is 2. The van der Waals surface area contributed by atoms with E-state index in [1.165, 1.54) is 6.20 Å². The van der Waals surface area contributed by atoms with Crippen molar-refractivity contribution in [3.8, 4) is 0 Å². The third-order valence-electron chi connectivity index (χ3n) is 4.16. The van der Waals surface area contributed by atoms with Gasteiger partial charge in [-0.25, -0.2) is 9.97 Å². The largest absolute Gasteiger partial charge is 0.339 e. The van der Waals surface area contributed by atoms with E-state index in [1.807, 2.05) is 68.4 Å². The first-order chi connectivity index (χ1) is 12.7. The molecule has 0 spiro atoms. The molecule has 2 aromatic carbocycles. The summed E-state index contributed by atoms with van der Waals surface area (Å²) in [5.74, 6) is 0.494. The maximum Gasteiger partial charge on any atom is 0.274 e. The van der Waals surface area contributed by atoms with E-state index in [2.05, 4.69) is 15.3 Å². The van der Waals surface area contributed by atoms with Crippen LogP contribution in [0.15, 0.2) is 67.0 Å². The number of anilines is 2. The molecule has 3 aromatic rings. The van der Waals surface area contributed by atoms with Crippen LogP contribution in [-0.2, 0) is 6.54 Å². The highest BCUT2D eigenvalue weighted by Crippen LogP contribution is 2.18. The fourth-order valence-corrected chi connectivity index (χ4v) is 2.65. The summed E-state index contributed by atoms with van der Waals surface area (Å²) in [7, 11) is 0. The van der Waals surface area contributed by atoms with Crippen LogP contribution in [0.25, 0.3) is 0 Å². The molecule has 0 saturated heterocycles. The van der Waals surface area contributed by atoms with Crippen molar-refractivity contribution in [1.82, 2.24) is 14.9 Å². The molecule has 0 unspecified atom stereocenters. The van der Waals surface area contributed by atoms with Gasteiger partial charge in [-0.3, -0.25) is 4.79 Å². The second-order valence-corrected chi connectivity index (χ2v) is 6.03. The molecule has 1 N–H and O–H groups in total. The Morgan fingerprint density at radius 1 is 1.00 bits per heavy atom. The fourth-order valence-electron chi connectivity index (χ4n) is 2.65. The lowest BCUT2D eigenvalue weighted by atomic mass is 10.2. The van der Waals surface area contributed by atoms with Gasteiger partial charge in [-0.2, -0.15) is 0 Å². The average molecular weight is 346 g/mol. The number of carbonyl (C=O) groups is 1. The van der Waals surface area contributed by atoms with Crippen LogP contribution in [0.5, 0.6) is 0 Å². The standard InChI is InChI=1S/C21H22N4O/c1-3-25(15-17-10-5-4-6-11-17)21(26)19-13-23-20(14-22-19)24-18-12-8-7-9-16(18)2/h4-14H,3,15H2,1-2H3,(H,23,24). The summed E-state index contributed by atoms with van der Waals surface area (Å²) in [6, 6.07) is 17.9. The van der Waals surface area contributed by atoms with E-state index in [-0.39, 0.29) is 5.91 Å². The minimum Gasteiger partial charge on any atom is -0.339 e. The van der Waals surface area contributed by atoms with Crippen molar-refractivity contribution in [2.75, 3.05) is 11.9 Å². The number of nitrogens with one attached hydrogen (secondary N) is 1. The Labute approximate surface area is 153 Å². The molecule has 0 atom stereocenters. The van der Waals surface area contributed by atoms with Gasteiger partial charge in [-0.15, -0.1) is 0 Å². The summed E-state index contributed by atoms with van der Waals surface area (Å²) >= 11 is 0. The first-order valence-electron chi connectivity index (χ1n) is 8.65. The third kappa shape index (κ3) is 4.25. The molecule has 0 aliphatic heterocycles. The van der Waals surface area contributed by atoms with Crippen LogP contribution >= 0.6 is 0 Å². The SMILES string of the molecule is CCN(Cc1ccccc1)C(=O)c1cnc(Nc2ccccc2C)cn1. The van der Waals surface area contributed by atoms with Gasteiger partial charge in [-0.05, 0) is 31.0 Å². The van der Waals surface area contributed by atoms with Crippen molar-refractivity contribution in [3.05, 3.63) is 83.8 Å². The number of aryl methyl sites for hydroxylation is 1. The van der Waals surface area contributed by atoms with Gasteiger partial charge in [0.25, 0.3) is 5.91 Å². The van der Waals surface area contributed by atoms with Gasteiger partial charge in [0, 0.05) is 18.8 Å². The molecular weight excluding hydrogens is 324 g/mol. The van der Waals surface area contributed by atoms with Crippen molar-refractivity contribution < 1.29 is 4.79 Å². The van der Waals surface area contributed by atoms with Gasteiger partial charge >= 0.3 is 0 Å². The molecule has 3 rings (SSSR count). The molecule has 1 heterocycles. The fraction of sp³-hybridized carbons (Fsp3) is 0.190. The van der Waals surface area contributed by atoms with E-state index in [0.29, 0.717) is 24.6 Å². The van der Waals surface area contributed by atoms with Crippen molar-refractivity contribution in [1.29, 1.82) is 0 Å². The molecule has 0 saturated carbocycles. The minimum atomic E-state index is -0.119. The highest BCUT2D eigenvalue weighted by atomic mass is 16.2. The molecule has 0 aliphatic rings. The highest BCUT2D eigenvalue weighted by Gasteiger charge is 2.16. The van der Waals surface area contributed by atoms with E-state index in [1.54, 1.807) is 11.1 Å². The van der Waals surface area contributed by atoms with Crippen LogP contribution in [0.4, 0.5) is 11.5 Å². The first kappa shape index (κ1) is 17.6. The first-order valence-corrected chi connectivity index (χ1v) is 8.65. The maximum absolute atomic E-state index is 12.7. The summed E-state index contributed by atoms with van der Waals surface area (Å²) in [6.45, 7) is 5.15. The van der Waals surface area contributed by atoms with Crippen molar-refractivity contribution >= 4 is 17.4 Å². The molecular formula is C21H22N4O. The number of benzene rings is 2. The second-order valence-electron chi connectivity index (χ2n) is 6.03. The molecule has 5 nitrogen and oxygen atoms in total. The zero-order chi connectivity index (χ0) is 18.4. The molecule has 1 amide bonds. The number of nitrogens with zero attached hydrogens (tertiary/aromatic N) is 3. The zero-order valence-corrected chi connectivity index (χ0v) is 15.0. The zero-order valence-electron chi connectivity index (χ0n) is 15.0. The molecule has 5 heteroatoms. The van der Waals surface area contributed by atoms with Crippen LogP contribution in [0.2, 0.25) is 0 Å². The number of amides is 1. The van der Waals surface area contributed by atoms with Crippen LogP contribution < -0.4 is 5.32 Å². The van der Waals surface area contributed by atoms with E-state index in [0.717, 1.165) is 16.8 Å². The number of para-hydroxylation sites is 1. The molecule has 132 valence electrons. The monoisotopic (exact) mass is 346 g/mol. The van der Waals surface area contributed by atoms with E-state index in [9.17, 15) is 4.79 Å². The summed E-state index contributed by atoms with van der Waals surface area (Å²) in [4.78, 5) is 23.1.